The quantitative estimate of drug-likeness (QED) is 0.200. The van der Waals surface area contributed by atoms with E-state index in [9.17, 15) is 0 Å². The van der Waals surface area contributed by atoms with Gasteiger partial charge in [-0.15, -0.1) is 0 Å². The summed E-state index contributed by atoms with van der Waals surface area (Å²) in [5.74, 6) is 0.867. The SMILES string of the molecule is c1ccc2cc3c(cc2c1)oc1c(-c2nc4cccc5c6ccccc6c6ccccc6c6ccccc6n2c45)cccc13. The van der Waals surface area contributed by atoms with Gasteiger partial charge in [-0.2, -0.15) is 0 Å². The Bertz CT molecular complexity index is 2840. The van der Waals surface area contributed by atoms with Gasteiger partial charge in [0.1, 0.15) is 17.0 Å². The molecule has 3 heterocycles. The van der Waals surface area contributed by atoms with Crippen molar-refractivity contribution in [3.05, 3.63) is 146 Å². The lowest BCUT2D eigenvalue weighted by Crippen LogP contribution is -1.91. The van der Waals surface area contributed by atoms with E-state index in [4.69, 9.17) is 9.40 Å². The maximum atomic E-state index is 6.72. The van der Waals surface area contributed by atoms with E-state index in [1.807, 2.05) is 0 Å². The first kappa shape index (κ1) is 23.6. The number of hydrogen-bond acceptors (Lipinski definition) is 2. The van der Waals surface area contributed by atoms with Gasteiger partial charge in [-0.05, 0) is 62.6 Å². The van der Waals surface area contributed by atoms with Gasteiger partial charge < -0.3 is 4.42 Å². The summed E-state index contributed by atoms with van der Waals surface area (Å²) in [6.45, 7) is 0. The van der Waals surface area contributed by atoms with Crippen molar-refractivity contribution in [2.24, 2.45) is 0 Å². The van der Waals surface area contributed by atoms with Gasteiger partial charge in [0, 0.05) is 21.5 Å². The summed E-state index contributed by atoms with van der Waals surface area (Å²) in [6.07, 6.45) is 0. The number of hydrogen-bond donors (Lipinski definition) is 0. The van der Waals surface area contributed by atoms with Gasteiger partial charge >= 0.3 is 0 Å². The van der Waals surface area contributed by atoms with Crippen LogP contribution in [-0.2, 0) is 0 Å². The Hall–Kier alpha value is -5.93. The van der Waals surface area contributed by atoms with Crippen LogP contribution in [0.25, 0.3) is 93.0 Å². The first-order valence-corrected chi connectivity index (χ1v) is 15.0. The Morgan fingerprint density at radius 3 is 1.80 bits per heavy atom. The van der Waals surface area contributed by atoms with E-state index in [1.54, 1.807) is 0 Å². The van der Waals surface area contributed by atoms with E-state index >= 15 is 0 Å². The predicted octanol–water partition coefficient (Wildman–Crippen LogP) is 11.2. The summed E-state index contributed by atoms with van der Waals surface area (Å²) < 4.78 is 9.08. The topological polar surface area (TPSA) is 30.4 Å². The maximum absolute atomic E-state index is 6.72. The molecule has 0 fully saturated rings. The van der Waals surface area contributed by atoms with Crippen molar-refractivity contribution in [3.8, 4) is 11.4 Å². The number of aromatic nitrogens is 2. The van der Waals surface area contributed by atoms with Crippen molar-refractivity contribution in [2.45, 2.75) is 0 Å². The van der Waals surface area contributed by atoms with Gasteiger partial charge in [0.2, 0.25) is 0 Å². The minimum Gasteiger partial charge on any atom is -0.455 e. The lowest BCUT2D eigenvalue weighted by atomic mass is 10.0. The number of imidazole rings is 1. The molecule has 0 aliphatic rings. The Balaban J connectivity index is 1.47. The van der Waals surface area contributed by atoms with Crippen LogP contribution >= 0.6 is 0 Å². The molecule has 0 spiro atoms. The smallest absolute Gasteiger partial charge is 0.149 e. The molecule has 0 saturated carbocycles. The van der Waals surface area contributed by atoms with Gasteiger partial charge in [0.25, 0.3) is 0 Å². The molecule has 44 heavy (non-hydrogen) atoms. The molecule has 3 heteroatoms. The largest absolute Gasteiger partial charge is 0.455 e. The zero-order chi connectivity index (χ0) is 28.8. The fourth-order valence-corrected chi connectivity index (χ4v) is 7.22. The van der Waals surface area contributed by atoms with Crippen molar-refractivity contribution in [3.63, 3.8) is 0 Å². The molecule has 0 aliphatic heterocycles. The minimum absolute atomic E-state index is 0.851. The van der Waals surface area contributed by atoms with Crippen LogP contribution in [0, 0.1) is 0 Å². The maximum Gasteiger partial charge on any atom is 0.149 e. The van der Waals surface area contributed by atoms with Gasteiger partial charge in [-0.3, -0.25) is 4.40 Å². The Morgan fingerprint density at radius 2 is 1.02 bits per heavy atom. The van der Waals surface area contributed by atoms with E-state index in [0.29, 0.717) is 0 Å². The second kappa shape index (κ2) is 8.79. The summed E-state index contributed by atoms with van der Waals surface area (Å²) >= 11 is 0. The molecule has 10 aromatic rings. The zero-order valence-corrected chi connectivity index (χ0v) is 23.7. The summed E-state index contributed by atoms with van der Waals surface area (Å²) in [5, 5.41) is 11.7. The predicted molar refractivity (Wildman–Crippen MR) is 184 cm³/mol. The molecule has 0 atom stereocenters. The summed E-state index contributed by atoms with van der Waals surface area (Å²) in [5.41, 5.74) is 5.85. The molecule has 0 bridgehead atoms. The summed E-state index contributed by atoms with van der Waals surface area (Å²) in [7, 11) is 0. The van der Waals surface area contributed by atoms with Gasteiger partial charge in [-0.1, -0.05) is 115 Å². The van der Waals surface area contributed by atoms with Gasteiger partial charge in [0.05, 0.1) is 22.1 Å². The molecule has 10 rings (SSSR count). The Kier molecular flexibility index (Phi) is 4.72. The van der Waals surface area contributed by atoms with Crippen LogP contribution < -0.4 is 0 Å². The Morgan fingerprint density at radius 1 is 0.455 bits per heavy atom. The van der Waals surface area contributed by atoms with Crippen molar-refractivity contribution in [1.82, 2.24) is 9.38 Å². The highest BCUT2D eigenvalue weighted by molar-refractivity contribution is 6.21. The van der Waals surface area contributed by atoms with E-state index in [0.717, 1.165) is 60.6 Å². The molecule has 0 amide bonds. The fraction of sp³-hybridized carbons (Fsp3) is 0. The molecule has 0 unspecified atom stereocenters. The highest BCUT2D eigenvalue weighted by Gasteiger charge is 2.20. The van der Waals surface area contributed by atoms with Crippen LogP contribution in [0.3, 0.4) is 0 Å². The first-order chi connectivity index (χ1) is 21.8. The summed E-state index contributed by atoms with van der Waals surface area (Å²) in [6, 6.07) is 51.9. The lowest BCUT2D eigenvalue weighted by Gasteiger charge is -2.06. The van der Waals surface area contributed by atoms with Crippen LogP contribution in [-0.4, -0.2) is 9.38 Å². The van der Waals surface area contributed by atoms with E-state index in [1.165, 1.54) is 32.3 Å². The van der Waals surface area contributed by atoms with Gasteiger partial charge in [-0.25, -0.2) is 4.98 Å². The molecule has 0 radical (unpaired) electrons. The van der Waals surface area contributed by atoms with Crippen molar-refractivity contribution < 1.29 is 4.42 Å². The van der Waals surface area contributed by atoms with Crippen molar-refractivity contribution in [1.29, 1.82) is 0 Å². The van der Waals surface area contributed by atoms with Crippen LogP contribution in [0.1, 0.15) is 0 Å². The van der Waals surface area contributed by atoms with Crippen LogP contribution in [0.5, 0.6) is 0 Å². The molecular formula is C41H24N2O. The van der Waals surface area contributed by atoms with E-state index in [2.05, 4.69) is 150 Å². The average molecular weight is 561 g/mol. The number of para-hydroxylation sites is 3. The Labute approximate surface area is 251 Å². The molecule has 7 aromatic carbocycles. The van der Waals surface area contributed by atoms with Crippen molar-refractivity contribution in [2.75, 3.05) is 0 Å². The summed E-state index contributed by atoms with van der Waals surface area (Å²) in [4.78, 5) is 5.37. The van der Waals surface area contributed by atoms with Gasteiger partial charge in [0.15, 0.2) is 0 Å². The highest BCUT2D eigenvalue weighted by atomic mass is 16.3. The molecular weight excluding hydrogens is 536 g/mol. The second-order valence-corrected chi connectivity index (χ2v) is 11.5. The minimum atomic E-state index is 0.851. The molecule has 0 N–H and O–H groups in total. The zero-order valence-electron chi connectivity index (χ0n) is 23.7. The number of benzene rings is 7. The third-order valence-corrected chi connectivity index (χ3v) is 9.15. The molecule has 0 saturated heterocycles. The van der Waals surface area contributed by atoms with Crippen molar-refractivity contribution >= 4 is 81.6 Å². The number of rotatable bonds is 1. The van der Waals surface area contributed by atoms with Crippen LogP contribution in [0.15, 0.2) is 150 Å². The van der Waals surface area contributed by atoms with E-state index in [-0.39, 0.29) is 0 Å². The van der Waals surface area contributed by atoms with Crippen LogP contribution in [0.2, 0.25) is 0 Å². The van der Waals surface area contributed by atoms with Crippen LogP contribution in [0.4, 0.5) is 0 Å². The molecule has 204 valence electrons. The molecule has 0 aliphatic carbocycles. The average Bonchev–Trinajstić information content (AvgIpc) is 3.66. The fourth-order valence-electron chi connectivity index (χ4n) is 7.22. The first-order valence-electron chi connectivity index (χ1n) is 15.0. The molecule has 3 aromatic heterocycles. The lowest BCUT2D eigenvalue weighted by molar-refractivity contribution is 0.670. The highest BCUT2D eigenvalue weighted by Crippen LogP contribution is 2.40. The number of fused-ring (bicyclic) bond motifs is 11. The monoisotopic (exact) mass is 560 g/mol. The number of nitrogens with zero attached hydrogens (tertiary/aromatic N) is 2. The number of furan rings is 1. The third kappa shape index (κ3) is 3.18. The third-order valence-electron chi connectivity index (χ3n) is 9.15. The van der Waals surface area contributed by atoms with E-state index < -0.39 is 0 Å². The standard InChI is InChI=1S/C41H24N2O/c1-2-12-26-24-38-35(23-25(26)11-1)33-19-9-20-34(40(33)44-38)41-42-36-21-10-18-32-30-16-6-4-14-28(30)27-13-3-5-15-29(27)31-17-7-8-22-37(31)43(41)39(32)36/h1-24H. The second-order valence-electron chi connectivity index (χ2n) is 11.5. The normalized spacial score (nSPS) is 12.1. The molecule has 3 nitrogen and oxygen atoms in total.